The first-order chi connectivity index (χ1) is 8.06. The molecule has 0 aromatic heterocycles. The third-order valence-corrected chi connectivity index (χ3v) is 3.50. The van der Waals surface area contributed by atoms with Crippen LogP contribution in [0.4, 0.5) is 5.69 Å². The maximum absolute atomic E-state index is 11.5. The number of amides is 1. The monoisotopic (exact) mass is 234 g/mol. The van der Waals surface area contributed by atoms with Gasteiger partial charge in [-0.25, -0.2) is 0 Å². The number of hydrogen-bond acceptors (Lipinski definition) is 3. The smallest absolute Gasteiger partial charge is 0.219 e. The van der Waals surface area contributed by atoms with E-state index in [1.807, 2.05) is 24.0 Å². The Kier molecular flexibility index (Phi) is 2.96. The van der Waals surface area contributed by atoms with E-state index >= 15 is 0 Å². The van der Waals surface area contributed by atoms with Crippen molar-refractivity contribution in [3.8, 4) is 5.75 Å². The quantitative estimate of drug-likeness (QED) is 0.753. The minimum absolute atomic E-state index is 0.0875. The lowest BCUT2D eigenvalue weighted by Crippen LogP contribution is -2.37. The molecule has 4 heteroatoms. The first-order valence-electron chi connectivity index (χ1n) is 5.78. The molecule has 1 atom stereocenters. The SMILES string of the molecule is COc1ccc2c(c1N)CCN(C(C)=O)C2C. The average Bonchev–Trinajstić information content (AvgIpc) is 2.30. The van der Waals surface area contributed by atoms with E-state index in [0.29, 0.717) is 11.4 Å². The van der Waals surface area contributed by atoms with E-state index in [9.17, 15) is 4.79 Å². The van der Waals surface area contributed by atoms with Crippen LogP contribution in [0.5, 0.6) is 5.75 Å². The first-order valence-corrected chi connectivity index (χ1v) is 5.78. The number of nitrogens with two attached hydrogens (primary N) is 1. The van der Waals surface area contributed by atoms with Gasteiger partial charge in [0.05, 0.1) is 18.8 Å². The van der Waals surface area contributed by atoms with E-state index in [0.717, 1.165) is 24.1 Å². The molecule has 2 rings (SSSR count). The first kappa shape index (κ1) is 11.8. The molecule has 1 amide bonds. The van der Waals surface area contributed by atoms with E-state index < -0.39 is 0 Å². The Labute approximate surface area is 101 Å². The number of nitrogen functional groups attached to an aromatic ring is 1. The molecule has 1 aliphatic rings. The second kappa shape index (κ2) is 4.28. The summed E-state index contributed by atoms with van der Waals surface area (Å²) in [5.74, 6) is 0.824. The maximum Gasteiger partial charge on any atom is 0.219 e. The molecule has 4 nitrogen and oxygen atoms in total. The summed E-state index contributed by atoms with van der Waals surface area (Å²) in [5, 5.41) is 0. The van der Waals surface area contributed by atoms with Gasteiger partial charge in [0.2, 0.25) is 5.91 Å². The van der Waals surface area contributed by atoms with Crippen LogP contribution >= 0.6 is 0 Å². The number of hydrogen-bond donors (Lipinski definition) is 1. The Morgan fingerprint density at radius 3 is 2.82 bits per heavy atom. The predicted molar refractivity (Wildman–Crippen MR) is 66.9 cm³/mol. The molecule has 0 fully saturated rings. The molecule has 1 aliphatic heterocycles. The van der Waals surface area contributed by atoms with Crippen molar-refractivity contribution >= 4 is 11.6 Å². The number of nitrogens with zero attached hydrogens (tertiary/aromatic N) is 1. The minimum Gasteiger partial charge on any atom is -0.495 e. The molecular formula is C13H18N2O2. The van der Waals surface area contributed by atoms with Gasteiger partial charge in [-0.05, 0) is 30.5 Å². The van der Waals surface area contributed by atoms with Crippen LogP contribution in [0.25, 0.3) is 0 Å². The molecule has 0 saturated heterocycles. The summed E-state index contributed by atoms with van der Waals surface area (Å²) < 4.78 is 5.22. The number of carbonyl (C=O) groups excluding carboxylic acids is 1. The largest absolute Gasteiger partial charge is 0.495 e. The van der Waals surface area contributed by atoms with Crippen LogP contribution < -0.4 is 10.5 Å². The highest BCUT2D eigenvalue weighted by molar-refractivity contribution is 5.75. The van der Waals surface area contributed by atoms with Gasteiger partial charge in [-0.2, -0.15) is 0 Å². The molecule has 2 N–H and O–H groups in total. The topological polar surface area (TPSA) is 55.6 Å². The molecule has 17 heavy (non-hydrogen) atoms. The average molecular weight is 234 g/mol. The summed E-state index contributed by atoms with van der Waals surface area (Å²) in [6.07, 6.45) is 0.794. The van der Waals surface area contributed by atoms with E-state index in [4.69, 9.17) is 10.5 Å². The van der Waals surface area contributed by atoms with E-state index in [-0.39, 0.29) is 11.9 Å². The molecule has 0 radical (unpaired) electrons. The minimum atomic E-state index is 0.0875. The number of methoxy groups -OCH3 is 1. The van der Waals surface area contributed by atoms with Crippen molar-refractivity contribution in [3.05, 3.63) is 23.3 Å². The number of carbonyl (C=O) groups is 1. The normalized spacial score (nSPS) is 18.8. The Morgan fingerprint density at radius 2 is 2.24 bits per heavy atom. The number of anilines is 1. The lowest BCUT2D eigenvalue weighted by molar-refractivity contribution is -0.131. The van der Waals surface area contributed by atoms with Crippen molar-refractivity contribution in [3.63, 3.8) is 0 Å². The molecule has 0 aliphatic carbocycles. The lowest BCUT2D eigenvalue weighted by atomic mass is 9.92. The summed E-state index contributed by atoms with van der Waals surface area (Å²) in [6.45, 7) is 4.36. The third-order valence-electron chi connectivity index (χ3n) is 3.50. The van der Waals surface area contributed by atoms with Gasteiger partial charge >= 0.3 is 0 Å². The van der Waals surface area contributed by atoms with Crippen molar-refractivity contribution < 1.29 is 9.53 Å². The summed E-state index contributed by atoms with van der Waals surface area (Å²) in [6, 6.07) is 3.96. The van der Waals surface area contributed by atoms with Gasteiger partial charge in [-0.1, -0.05) is 6.07 Å². The van der Waals surface area contributed by atoms with Crippen LogP contribution in [0.3, 0.4) is 0 Å². The van der Waals surface area contributed by atoms with Crippen LogP contribution in [0.2, 0.25) is 0 Å². The van der Waals surface area contributed by atoms with Gasteiger partial charge in [-0.3, -0.25) is 4.79 Å². The molecule has 1 unspecified atom stereocenters. The molecule has 0 spiro atoms. The molecular weight excluding hydrogens is 216 g/mol. The Morgan fingerprint density at radius 1 is 1.53 bits per heavy atom. The zero-order valence-corrected chi connectivity index (χ0v) is 10.5. The summed E-state index contributed by atoms with van der Waals surface area (Å²) >= 11 is 0. The summed E-state index contributed by atoms with van der Waals surface area (Å²) in [5.41, 5.74) is 9.03. The fourth-order valence-corrected chi connectivity index (χ4v) is 2.53. The van der Waals surface area contributed by atoms with Gasteiger partial charge in [0, 0.05) is 13.5 Å². The number of ether oxygens (including phenoxy) is 1. The second-order valence-electron chi connectivity index (χ2n) is 4.39. The van der Waals surface area contributed by atoms with E-state index in [2.05, 4.69) is 0 Å². The molecule has 0 saturated carbocycles. The van der Waals surface area contributed by atoms with Crippen LogP contribution in [0.15, 0.2) is 12.1 Å². The fourth-order valence-electron chi connectivity index (χ4n) is 2.53. The van der Waals surface area contributed by atoms with Gasteiger partial charge in [-0.15, -0.1) is 0 Å². The van der Waals surface area contributed by atoms with Crippen LogP contribution in [0.1, 0.15) is 31.0 Å². The standard InChI is InChI=1S/C13H18N2O2/c1-8-10-4-5-12(17-3)13(14)11(10)6-7-15(8)9(2)16/h4-5,8H,6-7,14H2,1-3H3. The second-order valence-corrected chi connectivity index (χ2v) is 4.39. The highest BCUT2D eigenvalue weighted by atomic mass is 16.5. The van der Waals surface area contributed by atoms with E-state index in [1.54, 1.807) is 14.0 Å². The zero-order valence-electron chi connectivity index (χ0n) is 10.5. The molecule has 0 bridgehead atoms. The van der Waals surface area contributed by atoms with Crippen molar-refractivity contribution in [1.82, 2.24) is 4.90 Å². The van der Waals surface area contributed by atoms with Crippen LogP contribution in [-0.4, -0.2) is 24.5 Å². The third kappa shape index (κ3) is 1.84. The maximum atomic E-state index is 11.5. The number of rotatable bonds is 1. The summed E-state index contributed by atoms with van der Waals surface area (Å²) in [7, 11) is 1.62. The van der Waals surface area contributed by atoms with Crippen molar-refractivity contribution in [1.29, 1.82) is 0 Å². The van der Waals surface area contributed by atoms with Crippen molar-refractivity contribution in [2.45, 2.75) is 26.3 Å². The Bertz CT molecular complexity index is 457. The molecule has 1 aromatic carbocycles. The summed E-state index contributed by atoms with van der Waals surface area (Å²) in [4.78, 5) is 13.4. The van der Waals surface area contributed by atoms with Crippen LogP contribution in [0, 0.1) is 0 Å². The van der Waals surface area contributed by atoms with Gasteiger partial charge in [0.1, 0.15) is 5.75 Å². The number of benzene rings is 1. The van der Waals surface area contributed by atoms with Crippen LogP contribution in [-0.2, 0) is 11.2 Å². The van der Waals surface area contributed by atoms with Crippen molar-refractivity contribution in [2.24, 2.45) is 0 Å². The lowest BCUT2D eigenvalue weighted by Gasteiger charge is -2.35. The Hall–Kier alpha value is -1.71. The Balaban J connectivity index is 2.45. The zero-order chi connectivity index (χ0) is 12.6. The van der Waals surface area contributed by atoms with Crippen molar-refractivity contribution in [2.75, 3.05) is 19.4 Å². The van der Waals surface area contributed by atoms with E-state index in [1.165, 1.54) is 0 Å². The molecule has 1 aromatic rings. The predicted octanol–water partition coefficient (Wildman–Crippen LogP) is 1.74. The van der Waals surface area contributed by atoms with Gasteiger partial charge in [0.15, 0.2) is 0 Å². The van der Waals surface area contributed by atoms with Gasteiger partial charge in [0.25, 0.3) is 0 Å². The highest BCUT2D eigenvalue weighted by Crippen LogP contribution is 2.37. The fraction of sp³-hybridized carbons (Fsp3) is 0.462. The molecule has 92 valence electrons. The highest BCUT2D eigenvalue weighted by Gasteiger charge is 2.27. The van der Waals surface area contributed by atoms with Gasteiger partial charge < -0.3 is 15.4 Å². The number of fused-ring (bicyclic) bond motifs is 1. The molecule has 1 heterocycles.